The van der Waals surface area contributed by atoms with Crippen LogP contribution in [0.25, 0.3) is 0 Å². The van der Waals surface area contributed by atoms with Crippen LogP contribution >= 0.6 is 11.6 Å². The smallest absolute Gasteiger partial charge is 0.226 e. The highest BCUT2D eigenvalue weighted by atomic mass is 35.5. The third-order valence-electron chi connectivity index (χ3n) is 4.70. The minimum Gasteiger partial charge on any atom is -0.326 e. The lowest BCUT2D eigenvalue weighted by atomic mass is 9.97. The van der Waals surface area contributed by atoms with Crippen molar-refractivity contribution >= 4 is 33.2 Å². The fourth-order valence-electron chi connectivity index (χ4n) is 3.04. The molecule has 0 spiro atoms. The van der Waals surface area contributed by atoms with Crippen molar-refractivity contribution < 1.29 is 13.2 Å². The number of hydrogen-bond acceptors (Lipinski definition) is 4. The highest BCUT2D eigenvalue weighted by Gasteiger charge is 2.44. The van der Waals surface area contributed by atoms with Crippen molar-refractivity contribution in [2.24, 2.45) is 0 Å². The predicted octanol–water partition coefficient (Wildman–Crippen LogP) is 3.51. The van der Waals surface area contributed by atoms with Crippen LogP contribution in [0.1, 0.15) is 36.4 Å². The monoisotopic (exact) mass is 417 g/mol. The van der Waals surface area contributed by atoms with Crippen molar-refractivity contribution in [1.29, 1.82) is 5.26 Å². The first-order valence-electron chi connectivity index (χ1n) is 8.75. The van der Waals surface area contributed by atoms with Gasteiger partial charge in [-0.1, -0.05) is 35.9 Å². The van der Waals surface area contributed by atoms with Crippen LogP contribution < -0.4 is 10.0 Å². The molecule has 0 radical (unpaired) electrons. The summed E-state index contributed by atoms with van der Waals surface area (Å²) < 4.78 is 25.9. The standard InChI is InChI=1S/C20H20ClN3O3S/c1-28(26,27)24-18(14-2-6-16(21)7-3-14)12-19(25)23-17-8-4-15(5-9-17)20(13-22)10-11-20/h2-9,18,24H,10-12H2,1H3,(H,23,25). The number of hydrogen-bond donors (Lipinski definition) is 2. The molecule has 1 fully saturated rings. The molecular weight excluding hydrogens is 398 g/mol. The summed E-state index contributed by atoms with van der Waals surface area (Å²) in [5, 5.41) is 12.6. The van der Waals surface area contributed by atoms with E-state index in [4.69, 9.17) is 11.6 Å². The molecule has 2 aromatic rings. The molecule has 0 aliphatic heterocycles. The van der Waals surface area contributed by atoms with E-state index in [9.17, 15) is 18.5 Å². The number of benzene rings is 2. The van der Waals surface area contributed by atoms with E-state index < -0.39 is 16.1 Å². The fraction of sp³-hybridized carbons (Fsp3) is 0.300. The molecule has 3 rings (SSSR count). The summed E-state index contributed by atoms with van der Waals surface area (Å²) in [6.07, 6.45) is 2.69. The topological polar surface area (TPSA) is 99.1 Å². The first-order chi connectivity index (χ1) is 13.2. The second-order valence-corrected chi connectivity index (χ2v) is 9.23. The second-order valence-electron chi connectivity index (χ2n) is 7.02. The van der Waals surface area contributed by atoms with Crippen molar-refractivity contribution in [3.8, 4) is 6.07 Å². The maximum absolute atomic E-state index is 12.5. The summed E-state index contributed by atoms with van der Waals surface area (Å²) in [7, 11) is -3.51. The quantitative estimate of drug-likeness (QED) is 0.719. The Labute approximate surface area is 169 Å². The molecule has 6 nitrogen and oxygen atoms in total. The zero-order valence-electron chi connectivity index (χ0n) is 15.3. The minimum atomic E-state index is -3.51. The van der Waals surface area contributed by atoms with Gasteiger partial charge in [0.2, 0.25) is 15.9 Å². The third-order valence-corrected chi connectivity index (χ3v) is 5.67. The lowest BCUT2D eigenvalue weighted by molar-refractivity contribution is -0.116. The number of halogens is 1. The minimum absolute atomic E-state index is 0.0708. The number of amides is 1. The summed E-state index contributed by atoms with van der Waals surface area (Å²) in [6.45, 7) is 0. The molecule has 0 aromatic heterocycles. The van der Waals surface area contributed by atoms with Crippen LogP contribution in [0.2, 0.25) is 5.02 Å². The van der Waals surface area contributed by atoms with Gasteiger partial charge in [0.05, 0.1) is 23.8 Å². The van der Waals surface area contributed by atoms with Gasteiger partial charge in [0.1, 0.15) is 0 Å². The Hall–Kier alpha value is -2.40. The van der Waals surface area contributed by atoms with Crippen molar-refractivity contribution in [2.75, 3.05) is 11.6 Å². The van der Waals surface area contributed by atoms with Crippen LogP contribution in [0.4, 0.5) is 5.69 Å². The van der Waals surface area contributed by atoms with Gasteiger partial charge in [0, 0.05) is 17.1 Å². The van der Waals surface area contributed by atoms with E-state index in [0.717, 1.165) is 24.7 Å². The first kappa shape index (κ1) is 20.3. The molecular formula is C20H20ClN3O3S. The summed E-state index contributed by atoms with van der Waals surface area (Å²) in [5.41, 5.74) is 1.81. The Morgan fingerprint density at radius 2 is 1.79 bits per heavy atom. The van der Waals surface area contributed by atoms with Gasteiger partial charge in [-0.05, 0) is 48.2 Å². The van der Waals surface area contributed by atoms with E-state index in [1.165, 1.54) is 0 Å². The molecule has 1 saturated carbocycles. The van der Waals surface area contributed by atoms with E-state index >= 15 is 0 Å². The van der Waals surface area contributed by atoms with E-state index in [2.05, 4.69) is 16.1 Å². The van der Waals surface area contributed by atoms with Gasteiger partial charge in [-0.25, -0.2) is 13.1 Å². The highest BCUT2D eigenvalue weighted by Crippen LogP contribution is 2.47. The predicted molar refractivity (Wildman–Crippen MR) is 108 cm³/mol. The number of rotatable bonds is 7. The van der Waals surface area contributed by atoms with Crippen molar-refractivity contribution in [2.45, 2.75) is 30.7 Å². The molecule has 1 amide bonds. The summed E-state index contributed by atoms with van der Waals surface area (Å²) in [6, 6.07) is 15.5. The number of nitrogens with zero attached hydrogens (tertiary/aromatic N) is 1. The number of sulfonamides is 1. The molecule has 8 heteroatoms. The molecule has 1 aliphatic carbocycles. The lowest BCUT2D eigenvalue weighted by Gasteiger charge is -2.18. The van der Waals surface area contributed by atoms with E-state index in [1.54, 1.807) is 36.4 Å². The van der Waals surface area contributed by atoms with E-state index in [0.29, 0.717) is 16.3 Å². The number of nitrogens with one attached hydrogen (secondary N) is 2. The maximum Gasteiger partial charge on any atom is 0.226 e. The SMILES string of the molecule is CS(=O)(=O)NC(CC(=O)Nc1ccc(C2(C#N)CC2)cc1)c1ccc(Cl)cc1. The molecule has 0 saturated heterocycles. The molecule has 1 unspecified atom stereocenters. The largest absolute Gasteiger partial charge is 0.326 e. The van der Waals surface area contributed by atoms with Crippen LogP contribution in [-0.2, 0) is 20.2 Å². The molecule has 0 bridgehead atoms. The van der Waals surface area contributed by atoms with Crippen molar-refractivity contribution in [1.82, 2.24) is 4.72 Å². The number of nitriles is 1. The molecule has 1 atom stereocenters. The van der Waals surface area contributed by atoms with Gasteiger partial charge in [0.25, 0.3) is 0 Å². The Bertz CT molecular complexity index is 1010. The Kier molecular flexibility index (Phi) is 5.75. The molecule has 28 heavy (non-hydrogen) atoms. The Balaban J connectivity index is 1.69. The summed E-state index contributed by atoms with van der Waals surface area (Å²) in [4.78, 5) is 12.5. The Morgan fingerprint density at radius 3 is 2.29 bits per heavy atom. The fourth-order valence-corrected chi connectivity index (χ4v) is 3.90. The van der Waals surface area contributed by atoms with Crippen molar-refractivity contribution in [3.05, 3.63) is 64.7 Å². The number of anilines is 1. The second kappa shape index (κ2) is 7.92. The molecule has 0 heterocycles. The van der Waals surface area contributed by atoms with Gasteiger partial charge < -0.3 is 5.32 Å². The Morgan fingerprint density at radius 1 is 1.18 bits per heavy atom. The maximum atomic E-state index is 12.5. The molecule has 2 N–H and O–H groups in total. The van der Waals surface area contributed by atoms with Crippen molar-refractivity contribution in [3.63, 3.8) is 0 Å². The summed E-state index contributed by atoms with van der Waals surface area (Å²) >= 11 is 5.88. The van der Waals surface area contributed by atoms with Gasteiger partial charge in [-0.2, -0.15) is 5.26 Å². The van der Waals surface area contributed by atoms with Crippen LogP contribution in [0.15, 0.2) is 48.5 Å². The number of carbonyl (C=O) groups is 1. The van der Waals surface area contributed by atoms with Crippen LogP contribution in [0.3, 0.4) is 0 Å². The molecule has 1 aliphatic rings. The van der Waals surface area contributed by atoms with Crippen LogP contribution in [-0.4, -0.2) is 20.6 Å². The average molecular weight is 418 g/mol. The zero-order valence-corrected chi connectivity index (χ0v) is 16.8. The van der Waals surface area contributed by atoms with Crippen LogP contribution in [0.5, 0.6) is 0 Å². The first-order valence-corrected chi connectivity index (χ1v) is 11.0. The van der Waals surface area contributed by atoms with E-state index in [1.807, 2.05) is 12.1 Å². The van der Waals surface area contributed by atoms with Gasteiger partial charge >= 0.3 is 0 Å². The van der Waals surface area contributed by atoms with Gasteiger partial charge in [-0.3, -0.25) is 4.79 Å². The zero-order chi connectivity index (χ0) is 20.4. The third kappa shape index (κ3) is 5.10. The summed E-state index contributed by atoms with van der Waals surface area (Å²) in [5.74, 6) is -0.328. The van der Waals surface area contributed by atoms with Gasteiger partial charge in [0.15, 0.2) is 0 Å². The van der Waals surface area contributed by atoms with Gasteiger partial charge in [-0.15, -0.1) is 0 Å². The van der Waals surface area contributed by atoms with E-state index in [-0.39, 0.29) is 17.7 Å². The highest BCUT2D eigenvalue weighted by molar-refractivity contribution is 7.88. The average Bonchev–Trinajstić information content (AvgIpc) is 3.42. The van der Waals surface area contributed by atoms with Crippen LogP contribution in [0, 0.1) is 11.3 Å². The lowest BCUT2D eigenvalue weighted by Crippen LogP contribution is -2.30. The molecule has 2 aromatic carbocycles. The normalized spacial score (nSPS) is 16.0. The number of carbonyl (C=O) groups excluding carboxylic acids is 1. The molecule has 146 valence electrons.